The summed E-state index contributed by atoms with van der Waals surface area (Å²) < 4.78 is 0. The zero-order chi connectivity index (χ0) is 18.0. The summed E-state index contributed by atoms with van der Waals surface area (Å²) in [6.45, 7) is 2.49. The Kier molecular flexibility index (Phi) is 4.65. The van der Waals surface area contributed by atoms with Gasteiger partial charge in [0.2, 0.25) is 5.91 Å². The number of nitrogens with one attached hydrogen (secondary N) is 2. The van der Waals surface area contributed by atoms with E-state index in [0.717, 1.165) is 18.4 Å². The molecule has 7 heteroatoms. The van der Waals surface area contributed by atoms with Gasteiger partial charge in [0.1, 0.15) is 0 Å². The summed E-state index contributed by atoms with van der Waals surface area (Å²) in [6, 6.07) is 6.91. The first-order chi connectivity index (χ1) is 11.9. The van der Waals surface area contributed by atoms with Crippen LogP contribution in [0.15, 0.2) is 24.3 Å². The summed E-state index contributed by atoms with van der Waals surface area (Å²) in [5.74, 6) is -1.03. The predicted molar refractivity (Wildman–Crippen MR) is 92.2 cm³/mol. The Hall–Kier alpha value is -2.57. The molecule has 0 aromatic heterocycles. The highest BCUT2D eigenvalue weighted by molar-refractivity contribution is 5.92. The molecule has 1 saturated heterocycles. The lowest BCUT2D eigenvalue weighted by Crippen LogP contribution is -2.42. The van der Waals surface area contributed by atoms with E-state index in [9.17, 15) is 19.5 Å². The molecule has 1 saturated carbocycles. The lowest BCUT2D eigenvalue weighted by Gasteiger charge is -2.23. The van der Waals surface area contributed by atoms with Gasteiger partial charge < -0.3 is 20.6 Å². The largest absolute Gasteiger partial charge is 0.481 e. The first-order valence-electron chi connectivity index (χ1n) is 8.53. The average Bonchev–Trinajstić information content (AvgIpc) is 3.11. The molecule has 134 valence electrons. The molecule has 3 N–H and O–H groups in total. The molecule has 0 unspecified atom stereocenters. The van der Waals surface area contributed by atoms with E-state index in [1.807, 2.05) is 25.1 Å². The number of benzene rings is 1. The van der Waals surface area contributed by atoms with E-state index in [2.05, 4.69) is 10.6 Å². The number of carbonyl (C=O) groups excluding carboxylic acids is 2. The van der Waals surface area contributed by atoms with Gasteiger partial charge in [-0.05, 0) is 43.4 Å². The molecular formula is C18H23N3O4. The third-order valence-electron chi connectivity index (χ3n) is 5.33. The second-order valence-electron chi connectivity index (χ2n) is 7.00. The van der Waals surface area contributed by atoms with Crippen molar-refractivity contribution in [1.82, 2.24) is 10.2 Å². The fourth-order valence-corrected chi connectivity index (χ4v) is 3.99. The SMILES string of the molecule is Cc1cccc(NC(=O)NCC(=O)N2C[C@@H]3CCC[C@@]3(C(=O)O)C2)c1. The molecule has 1 aromatic carbocycles. The van der Waals surface area contributed by atoms with Crippen molar-refractivity contribution in [3.63, 3.8) is 0 Å². The zero-order valence-electron chi connectivity index (χ0n) is 14.2. The molecular weight excluding hydrogens is 322 g/mol. The van der Waals surface area contributed by atoms with Gasteiger partial charge in [-0.25, -0.2) is 4.79 Å². The third kappa shape index (κ3) is 3.45. The van der Waals surface area contributed by atoms with Gasteiger partial charge in [-0.15, -0.1) is 0 Å². The Labute approximate surface area is 146 Å². The monoisotopic (exact) mass is 345 g/mol. The number of anilines is 1. The quantitative estimate of drug-likeness (QED) is 0.775. The van der Waals surface area contributed by atoms with E-state index in [0.29, 0.717) is 18.7 Å². The number of hydrogen-bond donors (Lipinski definition) is 3. The van der Waals surface area contributed by atoms with Gasteiger partial charge in [0.15, 0.2) is 0 Å². The number of nitrogens with zero attached hydrogens (tertiary/aromatic N) is 1. The minimum absolute atomic E-state index is 0.0232. The highest BCUT2D eigenvalue weighted by atomic mass is 16.4. The van der Waals surface area contributed by atoms with Gasteiger partial charge in [-0.1, -0.05) is 18.6 Å². The summed E-state index contributed by atoms with van der Waals surface area (Å²) in [4.78, 5) is 37.5. The van der Waals surface area contributed by atoms with Crippen molar-refractivity contribution < 1.29 is 19.5 Å². The Morgan fingerprint density at radius 2 is 2.16 bits per heavy atom. The number of carboxylic acids is 1. The molecule has 1 heterocycles. The third-order valence-corrected chi connectivity index (χ3v) is 5.33. The van der Waals surface area contributed by atoms with Crippen molar-refractivity contribution in [3.05, 3.63) is 29.8 Å². The Morgan fingerprint density at radius 1 is 1.36 bits per heavy atom. The normalized spacial score (nSPS) is 24.7. The van der Waals surface area contributed by atoms with Gasteiger partial charge in [0.25, 0.3) is 0 Å². The minimum Gasteiger partial charge on any atom is -0.481 e. The number of aryl methyl sites for hydroxylation is 1. The number of aliphatic carboxylic acids is 1. The van der Waals surface area contributed by atoms with Gasteiger partial charge in [0, 0.05) is 18.8 Å². The number of rotatable bonds is 4. The number of likely N-dealkylation sites (tertiary alicyclic amines) is 1. The summed E-state index contributed by atoms with van der Waals surface area (Å²) in [6.07, 6.45) is 2.37. The molecule has 2 atom stereocenters. The Balaban J connectivity index is 1.52. The van der Waals surface area contributed by atoms with E-state index in [1.165, 1.54) is 0 Å². The summed E-state index contributed by atoms with van der Waals surface area (Å²) in [5, 5.41) is 14.8. The van der Waals surface area contributed by atoms with Crippen LogP contribution in [0.1, 0.15) is 24.8 Å². The molecule has 1 aliphatic carbocycles. The Bertz CT molecular complexity index is 705. The van der Waals surface area contributed by atoms with Crippen molar-refractivity contribution in [2.24, 2.45) is 11.3 Å². The van der Waals surface area contributed by atoms with Gasteiger partial charge in [-0.3, -0.25) is 9.59 Å². The first kappa shape index (κ1) is 17.3. The summed E-state index contributed by atoms with van der Waals surface area (Å²) in [5.41, 5.74) is 0.890. The van der Waals surface area contributed by atoms with Crippen LogP contribution < -0.4 is 10.6 Å². The topological polar surface area (TPSA) is 98.7 Å². The number of carbonyl (C=O) groups is 3. The smallest absolute Gasteiger partial charge is 0.319 e. The molecule has 25 heavy (non-hydrogen) atoms. The van der Waals surface area contributed by atoms with Gasteiger partial charge in [-0.2, -0.15) is 0 Å². The van der Waals surface area contributed by atoms with Crippen LogP contribution in [0.3, 0.4) is 0 Å². The molecule has 3 rings (SSSR count). The molecule has 1 aromatic rings. The second kappa shape index (κ2) is 6.74. The van der Waals surface area contributed by atoms with Crippen LogP contribution in [0.4, 0.5) is 10.5 Å². The van der Waals surface area contributed by atoms with E-state index in [4.69, 9.17) is 0 Å². The van der Waals surface area contributed by atoms with Crippen molar-refractivity contribution >= 4 is 23.6 Å². The fraction of sp³-hybridized carbons (Fsp3) is 0.500. The standard InChI is InChI=1S/C18H23N3O4/c1-12-4-2-6-14(8-12)20-17(25)19-9-15(22)21-10-13-5-3-7-18(13,11-21)16(23)24/h2,4,6,8,13H,3,5,7,9-11H2,1H3,(H,23,24)(H2,19,20,25)/t13-,18+/m0/s1. The van der Waals surface area contributed by atoms with Crippen LogP contribution in [0.25, 0.3) is 0 Å². The summed E-state index contributed by atoms with van der Waals surface area (Å²) in [7, 11) is 0. The predicted octanol–water partition coefficient (Wildman–Crippen LogP) is 1.83. The van der Waals surface area contributed by atoms with E-state index < -0.39 is 17.4 Å². The van der Waals surface area contributed by atoms with Crippen LogP contribution in [0.5, 0.6) is 0 Å². The fourth-order valence-electron chi connectivity index (χ4n) is 3.99. The van der Waals surface area contributed by atoms with E-state index in [-0.39, 0.29) is 24.9 Å². The summed E-state index contributed by atoms with van der Waals surface area (Å²) >= 11 is 0. The lowest BCUT2D eigenvalue weighted by molar-refractivity contribution is -0.149. The lowest BCUT2D eigenvalue weighted by atomic mass is 9.81. The number of amides is 3. The minimum atomic E-state index is -0.810. The van der Waals surface area contributed by atoms with Crippen LogP contribution in [0.2, 0.25) is 0 Å². The molecule has 0 spiro atoms. The maximum Gasteiger partial charge on any atom is 0.319 e. The van der Waals surface area contributed by atoms with Gasteiger partial charge in [0.05, 0.1) is 12.0 Å². The van der Waals surface area contributed by atoms with E-state index >= 15 is 0 Å². The average molecular weight is 345 g/mol. The van der Waals surface area contributed by atoms with Gasteiger partial charge >= 0.3 is 12.0 Å². The number of carboxylic acid groups (broad SMARTS) is 1. The highest BCUT2D eigenvalue weighted by Gasteiger charge is 2.55. The van der Waals surface area contributed by atoms with E-state index in [1.54, 1.807) is 11.0 Å². The molecule has 7 nitrogen and oxygen atoms in total. The van der Waals surface area contributed by atoms with Crippen LogP contribution in [-0.2, 0) is 9.59 Å². The molecule has 2 fully saturated rings. The first-order valence-corrected chi connectivity index (χ1v) is 8.53. The van der Waals surface area contributed by atoms with Crippen molar-refractivity contribution in [2.75, 3.05) is 25.0 Å². The number of hydrogen-bond acceptors (Lipinski definition) is 3. The molecule has 0 radical (unpaired) electrons. The molecule has 2 aliphatic rings. The van der Waals surface area contributed by atoms with Crippen molar-refractivity contribution in [1.29, 1.82) is 0 Å². The number of urea groups is 1. The van der Waals surface area contributed by atoms with Crippen LogP contribution in [0, 0.1) is 18.3 Å². The maximum atomic E-state index is 12.3. The number of fused-ring (bicyclic) bond motifs is 1. The Morgan fingerprint density at radius 3 is 2.84 bits per heavy atom. The van der Waals surface area contributed by atoms with Crippen LogP contribution in [-0.4, -0.2) is 47.5 Å². The van der Waals surface area contributed by atoms with Crippen LogP contribution >= 0.6 is 0 Å². The maximum absolute atomic E-state index is 12.3. The molecule has 1 aliphatic heterocycles. The zero-order valence-corrected chi connectivity index (χ0v) is 14.2. The molecule has 3 amide bonds. The van der Waals surface area contributed by atoms with Crippen molar-refractivity contribution in [3.8, 4) is 0 Å². The van der Waals surface area contributed by atoms with Crippen molar-refractivity contribution in [2.45, 2.75) is 26.2 Å². The highest BCUT2D eigenvalue weighted by Crippen LogP contribution is 2.48. The molecule has 0 bridgehead atoms. The second-order valence-corrected chi connectivity index (χ2v) is 7.00.